The Bertz CT molecular complexity index is 150. The van der Waals surface area contributed by atoms with Crippen LogP contribution in [-0.4, -0.2) is 53.2 Å². The van der Waals surface area contributed by atoms with Crippen LogP contribution in [0.2, 0.25) is 0 Å². The van der Waals surface area contributed by atoms with Crippen molar-refractivity contribution in [2.24, 2.45) is 0 Å². The van der Waals surface area contributed by atoms with Crippen LogP contribution < -0.4 is 5.32 Å². The summed E-state index contributed by atoms with van der Waals surface area (Å²) in [4.78, 5) is 0. The van der Waals surface area contributed by atoms with E-state index in [2.05, 4.69) is 11.2 Å². The molecular formula is C10H20ClNO3. The van der Waals surface area contributed by atoms with Crippen molar-refractivity contribution in [3.63, 3.8) is 0 Å². The lowest BCUT2D eigenvalue weighted by Gasteiger charge is -2.05. The monoisotopic (exact) mass is 237 g/mol. The molecular weight excluding hydrogens is 218 g/mol. The molecule has 0 aliphatic rings. The lowest BCUT2D eigenvalue weighted by Crippen LogP contribution is -2.16. The number of hydrogen-bond acceptors (Lipinski definition) is 4. The van der Waals surface area contributed by atoms with Crippen molar-refractivity contribution in [1.29, 1.82) is 0 Å². The molecule has 0 saturated carbocycles. The number of ether oxygens (including phenoxy) is 3. The molecule has 0 amide bonds. The van der Waals surface area contributed by atoms with E-state index in [-0.39, 0.29) is 12.4 Å². The molecule has 0 unspecified atom stereocenters. The lowest BCUT2D eigenvalue weighted by atomic mass is 10.6. The highest BCUT2D eigenvalue weighted by Gasteiger charge is 1.89. The highest BCUT2D eigenvalue weighted by atomic mass is 35.5. The average Bonchev–Trinajstić information content (AvgIpc) is 2.21. The van der Waals surface area contributed by atoms with Crippen molar-refractivity contribution in [3.8, 4) is 12.3 Å². The molecule has 0 saturated heterocycles. The van der Waals surface area contributed by atoms with Crippen LogP contribution in [0.1, 0.15) is 0 Å². The van der Waals surface area contributed by atoms with Gasteiger partial charge in [0.15, 0.2) is 0 Å². The van der Waals surface area contributed by atoms with Gasteiger partial charge in [0.1, 0.15) is 6.61 Å². The quantitative estimate of drug-likeness (QED) is 0.439. The maximum atomic E-state index is 5.24. The summed E-state index contributed by atoms with van der Waals surface area (Å²) in [6.45, 7) is 4.26. The minimum absolute atomic E-state index is 0. The molecule has 15 heavy (non-hydrogen) atoms. The van der Waals surface area contributed by atoms with Gasteiger partial charge in [0.2, 0.25) is 0 Å². The average molecular weight is 238 g/mol. The summed E-state index contributed by atoms with van der Waals surface area (Å²) < 4.78 is 15.5. The molecule has 0 aliphatic heterocycles. The molecule has 0 aliphatic carbocycles. The molecule has 0 radical (unpaired) electrons. The van der Waals surface area contributed by atoms with E-state index in [1.165, 1.54) is 0 Å². The summed E-state index contributed by atoms with van der Waals surface area (Å²) in [5.74, 6) is 2.38. The number of halogens is 1. The van der Waals surface area contributed by atoms with Gasteiger partial charge < -0.3 is 19.5 Å². The largest absolute Gasteiger partial charge is 0.378 e. The summed E-state index contributed by atoms with van der Waals surface area (Å²) >= 11 is 0. The molecule has 4 nitrogen and oxygen atoms in total. The molecule has 0 bridgehead atoms. The molecule has 0 atom stereocenters. The predicted molar refractivity (Wildman–Crippen MR) is 62.5 cm³/mol. The Balaban J connectivity index is 0. The Morgan fingerprint density at radius 1 is 1.00 bits per heavy atom. The van der Waals surface area contributed by atoms with Gasteiger partial charge in [0.05, 0.1) is 33.0 Å². The number of rotatable bonds is 10. The minimum atomic E-state index is 0. The van der Waals surface area contributed by atoms with E-state index in [1.807, 2.05) is 7.05 Å². The Hall–Kier alpha value is -0.310. The standard InChI is InChI=1S/C10H19NO3.ClH/c1-3-5-12-7-9-14-10-8-13-6-4-11-2;/h1,11H,4-10H2,2H3;1H. The van der Waals surface area contributed by atoms with Crippen LogP contribution in [0.25, 0.3) is 0 Å². The first-order chi connectivity index (χ1) is 6.91. The topological polar surface area (TPSA) is 39.7 Å². The Morgan fingerprint density at radius 3 is 2.07 bits per heavy atom. The second-order valence-electron chi connectivity index (χ2n) is 2.59. The minimum Gasteiger partial charge on any atom is -0.378 e. The molecule has 0 aromatic heterocycles. The van der Waals surface area contributed by atoms with Gasteiger partial charge in [-0.05, 0) is 7.05 Å². The first-order valence-electron chi connectivity index (χ1n) is 4.73. The lowest BCUT2D eigenvalue weighted by molar-refractivity contribution is 0.0212. The van der Waals surface area contributed by atoms with Gasteiger partial charge in [-0.3, -0.25) is 0 Å². The molecule has 5 heteroatoms. The highest BCUT2D eigenvalue weighted by Crippen LogP contribution is 1.80. The maximum Gasteiger partial charge on any atom is 0.107 e. The van der Waals surface area contributed by atoms with E-state index in [1.54, 1.807) is 0 Å². The van der Waals surface area contributed by atoms with Crippen LogP contribution in [0.4, 0.5) is 0 Å². The summed E-state index contributed by atoms with van der Waals surface area (Å²) in [6, 6.07) is 0. The molecule has 0 fully saturated rings. The zero-order chi connectivity index (χ0) is 10.5. The number of nitrogens with one attached hydrogen (secondary N) is 1. The van der Waals surface area contributed by atoms with E-state index in [0.29, 0.717) is 39.6 Å². The van der Waals surface area contributed by atoms with Crippen molar-refractivity contribution in [2.45, 2.75) is 0 Å². The molecule has 0 spiro atoms. The molecule has 0 aromatic carbocycles. The third kappa shape index (κ3) is 16.4. The summed E-state index contributed by atoms with van der Waals surface area (Å²) in [6.07, 6.45) is 5.00. The summed E-state index contributed by atoms with van der Waals surface area (Å²) in [7, 11) is 1.89. The number of hydrogen-bond donors (Lipinski definition) is 1. The van der Waals surface area contributed by atoms with Crippen LogP contribution in [0, 0.1) is 12.3 Å². The number of likely N-dealkylation sites (N-methyl/N-ethyl adjacent to an activating group) is 1. The summed E-state index contributed by atoms with van der Waals surface area (Å²) in [5.41, 5.74) is 0. The van der Waals surface area contributed by atoms with Crippen LogP contribution in [0.3, 0.4) is 0 Å². The van der Waals surface area contributed by atoms with Crippen molar-refractivity contribution in [2.75, 3.05) is 53.2 Å². The molecule has 0 aromatic rings. The van der Waals surface area contributed by atoms with Gasteiger partial charge in [-0.25, -0.2) is 0 Å². The molecule has 0 heterocycles. The van der Waals surface area contributed by atoms with Crippen LogP contribution >= 0.6 is 12.4 Å². The number of terminal acetylenes is 1. The third-order valence-corrected chi connectivity index (χ3v) is 1.43. The van der Waals surface area contributed by atoms with Gasteiger partial charge >= 0.3 is 0 Å². The van der Waals surface area contributed by atoms with E-state index >= 15 is 0 Å². The second kappa shape index (κ2) is 16.1. The maximum absolute atomic E-state index is 5.24. The van der Waals surface area contributed by atoms with Crippen molar-refractivity contribution in [1.82, 2.24) is 5.32 Å². The van der Waals surface area contributed by atoms with Gasteiger partial charge in [0, 0.05) is 6.54 Å². The smallest absolute Gasteiger partial charge is 0.107 e. The second-order valence-corrected chi connectivity index (χ2v) is 2.59. The van der Waals surface area contributed by atoms with Gasteiger partial charge in [-0.15, -0.1) is 18.8 Å². The fraction of sp³-hybridized carbons (Fsp3) is 0.800. The fourth-order valence-electron chi connectivity index (χ4n) is 0.745. The van der Waals surface area contributed by atoms with Gasteiger partial charge in [-0.1, -0.05) is 5.92 Å². The first kappa shape index (κ1) is 17.1. The van der Waals surface area contributed by atoms with Crippen molar-refractivity contribution in [3.05, 3.63) is 0 Å². The SMILES string of the molecule is C#CCOCCOCCOCCNC.Cl. The fourth-order valence-corrected chi connectivity index (χ4v) is 0.745. The Labute approximate surface area is 98.1 Å². The van der Waals surface area contributed by atoms with Crippen LogP contribution in [0.5, 0.6) is 0 Å². The first-order valence-corrected chi connectivity index (χ1v) is 4.73. The van der Waals surface area contributed by atoms with Crippen molar-refractivity contribution >= 4 is 12.4 Å². The predicted octanol–water partition coefficient (Wildman–Crippen LogP) is 0.311. The third-order valence-electron chi connectivity index (χ3n) is 1.43. The molecule has 0 rings (SSSR count). The van der Waals surface area contributed by atoms with E-state index in [0.717, 1.165) is 6.54 Å². The zero-order valence-corrected chi connectivity index (χ0v) is 9.98. The molecule has 90 valence electrons. The molecule has 1 N–H and O–H groups in total. The van der Waals surface area contributed by atoms with Crippen molar-refractivity contribution < 1.29 is 14.2 Å². The van der Waals surface area contributed by atoms with E-state index in [4.69, 9.17) is 20.6 Å². The Morgan fingerprint density at radius 2 is 1.53 bits per heavy atom. The van der Waals surface area contributed by atoms with Crippen LogP contribution in [0.15, 0.2) is 0 Å². The van der Waals surface area contributed by atoms with Gasteiger partial charge in [0.25, 0.3) is 0 Å². The Kier molecular flexibility index (Phi) is 18.4. The van der Waals surface area contributed by atoms with Gasteiger partial charge in [-0.2, -0.15) is 0 Å². The van der Waals surface area contributed by atoms with E-state index in [9.17, 15) is 0 Å². The van der Waals surface area contributed by atoms with Crippen LogP contribution in [-0.2, 0) is 14.2 Å². The summed E-state index contributed by atoms with van der Waals surface area (Å²) in [5, 5.41) is 2.99. The highest BCUT2D eigenvalue weighted by molar-refractivity contribution is 5.85. The zero-order valence-electron chi connectivity index (χ0n) is 9.16. The normalized spacial score (nSPS) is 9.33. The van der Waals surface area contributed by atoms with E-state index < -0.39 is 0 Å².